The van der Waals surface area contributed by atoms with Crippen molar-refractivity contribution >= 4 is 28.7 Å². The number of carbonyl (C=O) groups excluding carboxylic acids is 2. The monoisotopic (exact) mass is 266 g/mol. The predicted octanol–water partition coefficient (Wildman–Crippen LogP) is 1.46. The predicted molar refractivity (Wildman–Crippen MR) is 65.3 cm³/mol. The van der Waals surface area contributed by atoms with Crippen molar-refractivity contribution in [2.45, 2.75) is 0 Å². The van der Waals surface area contributed by atoms with Gasteiger partial charge in [0.2, 0.25) is 0 Å². The largest absolute Gasteiger partial charge is 0.465 e. The Labute approximate surface area is 107 Å². The van der Waals surface area contributed by atoms with Gasteiger partial charge < -0.3 is 20.2 Å². The number of nitrogen functional groups attached to an aromatic ring is 1. The lowest BCUT2D eigenvalue weighted by Crippen LogP contribution is -2.05. The summed E-state index contributed by atoms with van der Waals surface area (Å²) in [4.78, 5) is 25.6. The second-order valence-electron chi connectivity index (χ2n) is 3.78. The number of rotatable bonds is 2. The van der Waals surface area contributed by atoms with E-state index in [1.165, 1.54) is 20.3 Å². The number of hydrogen-bond donors (Lipinski definition) is 2. The Kier molecular flexibility index (Phi) is 3.12. The van der Waals surface area contributed by atoms with Crippen molar-refractivity contribution in [2.24, 2.45) is 0 Å². The van der Waals surface area contributed by atoms with Crippen molar-refractivity contribution in [3.63, 3.8) is 0 Å². The maximum absolute atomic E-state index is 13.9. The van der Waals surface area contributed by atoms with E-state index in [2.05, 4.69) is 14.5 Å². The van der Waals surface area contributed by atoms with Gasteiger partial charge in [-0.15, -0.1) is 0 Å². The lowest BCUT2D eigenvalue weighted by molar-refractivity contribution is 0.0591. The van der Waals surface area contributed by atoms with Crippen molar-refractivity contribution in [3.05, 3.63) is 29.1 Å². The van der Waals surface area contributed by atoms with Gasteiger partial charge in [-0.3, -0.25) is 0 Å². The van der Waals surface area contributed by atoms with Crippen LogP contribution in [-0.4, -0.2) is 31.1 Å². The topological polar surface area (TPSA) is 94.4 Å². The Hall–Kier alpha value is -2.57. The van der Waals surface area contributed by atoms with Gasteiger partial charge in [0.05, 0.1) is 25.3 Å². The van der Waals surface area contributed by atoms with E-state index in [1.54, 1.807) is 0 Å². The number of H-pyrrole nitrogens is 1. The molecule has 0 unspecified atom stereocenters. The molecule has 2 aromatic rings. The van der Waals surface area contributed by atoms with Crippen LogP contribution in [0.1, 0.15) is 20.7 Å². The fourth-order valence-electron chi connectivity index (χ4n) is 1.83. The number of methoxy groups -OCH3 is 2. The number of anilines is 1. The molecule has 0 aliphatic heterocycles. The number of benzene rings is 1. The summed E-state index contributed by atoms with van der Waals surface area (Å²) in [5, 5.41) is 0.171. The smallest absolute Gasteiger partial charge is 0.342 e. The molecule has 0 atom stereocenters. The van der Waals surface area contributed by atoms with Crippen LogP contribution >= 0.6 is 0 Å². The van der Waals surface area contributed by atoms with E-state index in [0.29, 0.717) is 0 Å². The van der Waals surface area contributed by atoms with Gasteiger partial charge in [-0.2, -0.15) is 0 Å². The molecule has 100 valence electrons. The molecule has 7 heteroatoms. The van der Waals surface area contributed by atoms with Crippen LogP contribution in [-0.2, 0) is 9.47 Å². The maximum Gasteiger partial charge on any atom is 0.342 e. The van der Waals surface area contributed by atoms with Crippen molar-refractivity contribution in [2.75, 3.05) is 20.0 Å². The van der Waals surface area contributed by atoms with Gasteiger partial charge in [0.15, 0.2) is 0 Å². The summed E-state index contributed by atoms with van der Waals surface area (Å²) in [7, 11) is 2.36. The number of nitrogens with two attached hydrogens (primary N) is 1. The number of fused-ring (bicyclic) bond motifs is 1. The summed E-state index contributed by atoms with van der Waals surface area (Å²) in [6, 6.07) is 2.33. The Morgan fingerprint density at radius 3 is 2.42 bits per heavy atom. The molecule has 0 saturated heterocycles. The highest BCUT2D eigenvalue weighted by Gasteiger charge is 2.21. The number of halogens is 1. The zero-order valence-corrected chi connectivity index (χ0v) is 10.2. The molecule has 0 radical (unpaired) electrons. The second-order valence-corrected chi connectivity index (χ2v) is 3.78. The van der Waals surface area contributed by atoms with E-state index in [1.807, 2.05) is 0 Å². The van der Waals surface area contributed by atoms with Crippen LogP contribution < -0.4 is 5.73 Å². The van der Waals surface area contributed by atoms with Gasteiger partial charge in [-0.05, 0) is 12.1 Å². The number of nitrogens with one attached hydrogen (secondary N) is 1. The minimum atomic E-state index is -0.717. The molecule has 0 fully saturated rings. The van der Waals surface area contributed by atoms with Crippen LogP contribution in [0.2, 0.25) is 0 Å². The van der Waals surface area contributed by atoms with E-state index >= 15 is 0 Å². The third-order valence-electron chi connectivity index (χ3n) is 2.70. The number of hydrogen-bond acceptors (Lipinski definition) is 5. The molecule has 1 heterocycles. The summed E-state index contributed by atoms with van der Waals surface area (Å²) in [6.07, 6.45) is 0. The molecule has 0 aliphatic rings. The first-order chi connectivity index (χ1) is 8.99. The normalized spacial score (nSPS) is 10.5. The Morgan fingerprint density at radius 1 is 1.21 bits per heavy atom. The molecule has 0 spiro atoms. The average molecular weight is 266 g/mol. The van der Waals surface area contributed by atoms with E-state index in [-0.39, 0.29) is 27.8 Å². The third-order valence-corrected chi connectivity index (χ3v) is 2.70. The van der Waals surface area contributed by atoms with Crippen molar-refractivity contribution < 1.29 is 23.5 Å². The zero-order valence-electron chi connectivity index (χ0n) is 10.2. The highest BCUT2D eigenvalue weighted by atomic mass is 19.1. The molecule has 0 amide bonds. The standard InChI is InChI=1S/C12H11FN2O4/c1-18-11(16)5-3-6-8(12(17)19-2)10(14)15-9(6)7(13)4-5/h3-4,15H,14H2,1-2H3. The average Bonchev–Trinajstić information content (AvgIpc) is 2.73. The first kappa shape index (κ1) is 12.9. The summed E-state index contributed by atoms with van der Waals surface area (Å²) in [5.74, 6) is -2.16. The van der Waals surface area contributed by atoms with E-state index < -0.39 is 17.8 Å². The number of ether oxygens (including phenoxy) is 2. The lowest BCUT2D eigenvalue weighted by atomic mass is 10.1. The summed E-state index contributed by atoms with van der Waals surface area (Å²) >= 11 is 0. The van der Waals surface area contributed by atoms with E-state index in [0.717, 1.165) is 6.07 Å². The van der Waals surface area contributed by atoms with Crippen LogP contribution in [0.5, 0.6) is 0 Å². The van der Waals surface area contributed by atoms with Gasteiger partial charge in [0, 0.05) is 5.39 Å². The van der Waals surface area contributed by atoms with Gasteiger partial charge >= 0.3 is 11.9 Å². The SMILES string of the molecule is COC(=O)c1cc(F)c2[nH]c(N)c(C(=O)OC)c2c1. The first-order valence-corrected chi connectivity index (χ1v) is 5.27. The van der Waals surface area contributed by atoms with Crippen molar-refractivity contribution in [3.8, 4) is 0 Å². The Morgan fingerprint density at radius 2 is 1.84 bits per heavy atom. The first-order valence-electron chi connectivity index (χ1n) is 5.27. The fraction of sp³-hybridized carbons (Fsp3) is 0.167. The molecular formula is C12H11FN2O4. The molecule has 1 aromatic carbocycles. The van der Waals surface area contributed by atoms with Gasteiger partial charge in [0.1, 0.15) is 17.2 Å². The number of aromatic amines is 1. The zero-order chi connectivity index (χ0) is 14.2. The van der Waals surface area contributed by atoms with Crippen molar-refractivity contribution in [1.29, 1.82) is 0 Å². The number of aromatic nitrogens is 1. The van der Waals surface area contributed by atoms with Crippen molar-refractivity contribution in [1.82, 2.24) is 4.98 Å². The van der Waals surface area contributed by atoms with Gasteiger partial charge in [-0.1, -0.05) is 0 Å². The molecule has 3 N–H and O–H groups in total. The quantitative estimate of drug-likeness (QED) is 0.802. The molecule has 0 aliphatic carbocycles. The van der Waals surface area contributed by atoms with Crippen LogP contribution in [0.4, 0.5) is 10.2 Å². The molecule has 0 saturated carbocycles. The number of carbonyl (C=O) groups is 2. The van der Waals surface area contributed by atoms with Crippen LogP contribution in [0.3, 0.4) is 0 Å². The highest BCUT2D eigenvalue weighted by molar-refractivity contribution is 6.10. The molecule has 1 aromatic heterocycles. The van der Waals surface area contributed by atoms with Crippen LogP contribution in [0.15, 0.2) is 12.1 Å². The van der Waals surface area contributed by atoms with Gasteiger partial charge in [-0.25, -0.2) is 14.0 Å². The lowest BCUT2D eigenvalue weighted by Gasteiger charge is -2.02. The fourth-order valence-corrected chi connectivity index (χ4v) is 1.83. The summed E-state index contributed by atoms with van der Waals surface area (Å²) < 4.78 is 22.9. The maximum atomic E-state index is 13.9. The molecule has 6 nitrogen and oxygen atoms in total. The van der Waals surface area contributed by atoms with Gasteiger partial charge in [0.25, 0.3) is 0 Å². The van der Waals surface area contributed by atoms with Crippen LogP contribution in [0.25, 0.3) is 10.9 Å². The summed E-state index contributed by atoms with van der Waals surface area (Å²) in [5.41, 5.74) is 5.62. The summed E-state index contributed by atoms with van der Waals surface area (Å²) in [6.45, 7) is 0. The second kappa shape index (κ2) is 4.60. The molecule has 2 rings (SSSR count). The molecule has 0 bridgehead atoms. The van der Waals surface area contributed by atoms with E-state index in [4.69, 9.17) is 5.73 Å². The Bertz CT molecular complexity index is 678. The third kappa shape index (κ3) is 1.99. The minimum absolute atomic E-state index is 0.0119. The highest BCUT2D eigenvalue weighted by Crippen LogP contribution is 2.28. The van der Waals surface area contributed by atoms with Crippen LogP contribution in [0, 0.1) is 5.82 Å². The molecule has 19 heavy (non-hydrogen) atoms. The van der Waals surface area contributed by atoms with E-state index in [9.17, 15) is 14.0 Å². The number of esters is 2. The Balaban J connectivity index is 2.77. The minimum Gasteiger partial charge on any atom is -0.465 e. The molecular weight excluding hydrogens is 255 g/mol.